The number of hydrogen-bond donors (Lipinski definition) is 3. The molecular weight excluding hydrogens is 244 g/mol. The van der Waals surface area contributed by atoms with Crippen molar-refractivity contribution in [3.63, 3.8) is 0 Å². The summed E-state index contributed by atoms with van der Waals surface area (Å²) in [6.45, 7) is 7.81. The fourth-order valence-electron chi connectivity index (χ4n) is 1.48. The second-order valence-corrected chi connectivity index (χ2v) is 5.54. The molecule has 2 amide bonds. The molecule has 0 radical (unpaired) electrons. The van der Waals surface area contributed by atoms with Gasteiger partial charge in [0.15, 0.2) is 0 Å². The van der Waals surface area contributed by atoms with Gasteiger partial charge in [0, 0.05) is 24.8 Å². The van der Waals surface area contributed by atoms with Crippen molar-refractivity contribution in [2.24, 2.45) is 13.0 Å². The van der Waals surface area contributed by atoms with Crippen LogP contribution in [-0.4, -0.2) is 33.5 Å². The number of carbonyl (C=O) groups is 1. The van der Waals surface area contributed by atoms with Gasteiger partial charge in [-0.3, -0.25) is 4.68 Å². The molecule has 2 atom stereocenters. The van der Waals surface area contributed by atoms with E-state index >= 15 is 0 Å². The number of rotatable bonds is 5. The minimum absolute atomic E-state index is 0.0864. The summed E-state index contributed by atoms with van der Waals surface area (Å²) in [5, 5.41) is 19.8. The number of aromatic nitrogens is 2. The molecule has 0 spiro atoms. The largest absolute Gasteiger partial charge is 0.383 e. The zero-order chi connectivity index (χ0) is 14.6. The number of aryl methyl sites for hydroxylation is 1. The minimum Gasteiger partial charge on any atom is -0.383 e. The summed E-state index contributed by atoms with van der Waals surface area (Å²) in [5.41, 5.74) is -0.459. The van der Waals surface area contributed by atoms with Crippen LogP contribution in [0.1, 0.15) is 33.3 Å². The van der Waals surface area contributed by atoms with Crippen LogP contribution in [-0.2, 0) is 12.6 Å². The van der Waals surface area contributed by atoms with E-state index < -0.39 is 5.60 Å². The normalized spacial score (nSPS) is 15.9. The number of amides is 2. The van der Waals surface area contributed by atoms with Gasteiger partial charge in [-0.1, -0.05) is 13.8 Å². The molecule has 19 heavy (non-hydrogen) atoms. The zero-order valence-corrected chi connectivity index (χ0v) is 12.3. The van der Waals surface area contributed by atoms with Gasteiger partial charge in [0.05, 0.1) is 12.7 Å². The van der Waals surface area contributed by atoms with Crippen LogP contribution in [0, 0.1) is 5.92 Å². The molecule has 0 aliphatic heterocycles. The molecule has 0 bridgehead atoms. The summed E-state index contributed by atoms with van der Waals surface area (Å²) in [5.74, 6) is 0.365. The predicted octanol–water partition coefficient (Wildman–Crippen LogP) is 0.971. The Morgan fingerprint density at radius 3 is 2.63 bits per heavy atom. The number of nitrogens with one attached hydrogen (secondary N) is 2. The Hall–Kier alpha value is -1.56. The molecule has 0 saturated heterocycles. The summed E-state index contributed by atoms with van der Waals surface area (Å²) < 4.78 is 1.62. The fourth-order valence-corrected chi connectivity index (χ4v) is 1.48. The molecule has 0 aliphatic rings. The van der Waals surface area contributed by atoms with E-state index in [9.17, 15) is 9.90 Å². The van der Waals surface area contributed by atoms with Crippen molar-refractivity contribution >= 4 is 6.03 Å². The van der Waals surface area contributed by atoms with E-state index in [0.717, 1.165) is 0 Å². The van der Waals surface area contributed by atoms with Crippen LogP contribution in [0.15, 0.2) is 12.4 Å². The smallest absolute Gasteiger partial charge is 0.315 e. The highest BCUT2D eigenvalue weighted by Crippen LogP contribution is 2.18. The second kappa shape index (κ2) is 6.06. The Kier molecular flexibility index (Phi) is 4.94. The van der Waals surface area contributed by atoms with Gasteiger partial charge in [0.1, 0.15) is 5.60 Å². The van der Waals surface area contributed by atoms with Gasteiger partial charge >= 0.3 is 6.03 Å². The number of nitrogens with zero attached hydrogens (tertiary/aromatic N) is 2. The molecule has 1 heterocycles. The molecule has 108 valence electrons. The van der Waals surface area contributed by atoms with Crippen LogP contribution < -0.4 is 10.6 Å². The molecule has 6 nitrogen and oxygen atoms in total. The lowest BCUT2D eigenvalue weighted by atomic mass is 10.00. The first kappa shape index (κ1) is 15.5. The number of hydrogen-bond acceptors (Lipinski definition) is 3. The third-order valence-corrected chi connectivity index (χ3v) is 3.28. The van der Waals surface area contributed by atoms with E-state index in [0.29, 0.717) is 11.5 Å². The van der Waals surface area contributed by atoms with Gasteiger partial charge in [-0.05, 0) is 19.8 Å². The number of urea groups is 1. The van der Waals surface area contributed by atoms with Gasteiger partial charge in [0.2, 0.25) is 0 Å². The lowest BCUT2D eigenvalue weighted by Crippen LogP contribution is -2.47. The van der Waals surface area contributed by atoms with Gasteiger partial charge < -0.3 is 15.7 Å². The highest BCUT2D eigenvalue weighted by Gasteiger charge is 2.25. The molecule has 1 aromatic rings. The Labute approximate surface area is 114 Å². The molecule has 0 saturated carbocycles. The molecule has 0 fully saturated rings. The van der Waals surface area contributed by atoms with Crippen molar-refractivity contribution in [2.75, 3.05) is 6.54 Å². The second-order valence-electron chi connectivity index (χ2n) is 5.54. The standard InChI is InChI=1S/C13H24N4O2/c1-9(2)10(3)16-12(18)14-8-13(4,19)11-6-15-17(5)7-11/h6-7,9-10,19H,8H2,1-5H3,(H2,14,16,18). The van der Waals surface area contributed by atoms with E-state index in [4.69, 9.17) is 0 Å². The Bertz CT molecular complexity index is 426. The maximum absolute atomic E-state index is 11.7. The molecule has 6 heteroatoms. The van der Waals surface area contributed by atoms with Crippen molar-refractivity contribution in [3.8, 4) is 0 Å². The first-order chi connectivity index (χ1) is 8.72. The van der Waals surface area contributed by atoms with Crippen molar-refractivity contribution < 1.29 is 9.90 Å². The van der Waals surface area contributed by atoms with Crippen LogP contribution >= 0.6 is 0 Å². The zero-order valence-electron chi connectivity index (χ0n) is 12.3. The number of aliphatic hydroxyl groups is 1. The molecule has 2 unspecified atom stereocenters. The summed E-state index contributed by atoms with van der Waals surface area (Å²) in [6.07, 6.45) is 3.33. The molecule has 3 N–H and O–H groups in total. The van der Waals surface area contributed by atoms with Gasteiger partial charge in [-0.25, -0.2) is 4.79 Å². The van der Waals surface area contributed by atoms with Crippen LogP contribution in [0.4, 0.5) is 4.79 Å². The van der Waals surface area contributed by atoms with E-state index in [1.54, 1.807) is 31.0 Å². The average Bonchev–Trinajstić information content (AvgIpc) is 2.74. The lowest BCUT2D eigenvalue weighted by Gasteiger charge is -2.24. The van der Waals surface area contributed by atoms with E-state index in [-0.39, 0.29) is 18.6 Å². The molecular formula is C13H24N4O2. The minimum atomic E-state index is -1.13. The Morgan fingerprint density at radius 2 is 2.16 bits per heavy atom. The highest BCUT2D eigenvalue weighted by molar-refractivity contribution is 5.74. The highest BCUT2D eigenvalue weighted by atomic mass is 16.3. The van der Waals surface area contributed by atoms with Crippen LogP contribution in [0.5, 0.6) is 0 Å². The van der Waals surface area contributed by atoms with Gasteiger partial charge in [-0.2, -0.15) is 5.10 Å². The van der Waals surface area contributed by atoms with Crippen molar-refractivity contribution in [3.05, 3.63) is 18.0 Å². The van der Waals surface area contributed by atoms with E-state index in [1.807, 2.05) is 20.8 Å². The quantitative estimate of drug-likeness (QED) is 0.744. The average molecular weight is 268 g/mol. The first-order valence-corrected chi connectivity index (χ1v) is 6.48. The van der Waals surface area contributed by atoms with E-state index in [2.05, 4.69) is 15.7 Å². The third-order valence-electron chi connectivity index (χ3n) is 3.28. The van der Waals surface area contributed by atoms with Crippen molar-refractivity contribution in [1.82, 2.24) is 20.4 Å². The lowest BCUT2D eigenvalue weighted by molar-refractivity contribution is 0.0591. The summed E-state index contributed by atoms with van der Waals surface area (Å²) in [6, 6.07) is -0.186. The molecule has 0 aliphatic carbocycles. The molecule has 1 rings (SSSR count). The summed E-state index contributed by atoms with van der Waals surface area (Å²) in [4.78, 5) is 11.7. The topological polar surface area (TPSA) is 79.2 Å². The Balaban J connectivity index is 2.49. The van der Waals surface area contributed by atoms with Crippen LogP contribution in [0.2, 0.25) is 0 Å². The van der Waals surface area contributed by atoms with Crippen molar-refractivity contribution in [2.45, 2.75) is 39.3 Å². The summed E-state index contributed by atoms with van der Waals surface area (Å²) >= 11 is 0. The van der Waals surface area contributed by atoms with Crippen molar-refractivity contribution in [1.29, 1.82) is 0 Å². The third kappa shape index (κ3) is 4.55. The molecule has 0 aromatic carbocycles. The maximum atomic E-state index is 11.7. The molecule has 1 aromatic heterocycles. The SMILES string of the molecule is CC(C)C(C)NC(=O)NCC(C)(O)c1cnn(C)c1. The maximum Gasteiger partial charge on any atom is 0.315 e. The van der Waals surface area contributed by atoms with Gasteiger partial charge in [0.25, 0.3) is 0 Å². The summed E-state index contributed by atoms with van der Waals surface area (Å²) in [7, 11) is 1.78. The van der Waals surface area contributed by atoms with Crippen LogP contribution in [0.25, 0.3) is 0 Å². The van der Waals surface area contributed by atoms with E-state index in [1.165, 1.54) is 0 Å². The fraction of sp³-hybridized carbons (Fsp3) is 0.692. The predicted molar refractivity (Wildman–Crippen MR) is 73.6 cm³/mol. The Morgan fingerprint density at radius 1 is 1.53 bits per heavy atom. The van der Waals surface area contributed by atoms with Gasteiger partial charge in [-0.15, -0.1) is 0 Å². The number of carbonyl (C=O) groups excluding carboxylic acids is 1. The first-order valence-electron chi connectivity index (χ1n) is 6.48. The monoisotopic (exact) mass is 268 g/mol. The van der Waals surface area contributed by atoms with Crippen LogP contribution in [0.3, 0.4) is 0 Å².